The average Bonchev–Trinajstić information content (AvgIpc) is 2.85. The molecule has 0 bridgehead atoms. The molecule has 0 radical (unpaired) electrons. The zero-order valence-electron chi connectivity index (χ0n) is 13.4. The van der Waals surface area contributed by atoms with Crippen molar-refractivity contribution in [2.45, 2.75) is 39.3 Å². The van der Waals surface area contributed by atoms with Gasteiger partial charge >= 0.3 is 6.03 Å². The van der Waals surface area contributed by atoms with E-state index in [0.717, 1.165) is 4.88 Å². The van der Waals surface area contributed by atoms with Crippen LogP contribution in [-0.4, -0.2) is 35.3 Å². The lowest BCUT2D eigenvalue weighted by Crippen LogP contribution is -2.48. The fourth-order valence-electron chi connectivity index (χ4n) is 1.98. The molecular formula is C15H26N2O2S2. The van der Waals surface area contributed by atoms with Gasteiger partial charge in [0.2, 0.25) is 0 Å². The summed E-state index contributed by atoms with van der Waals surface area (Å²) in [7, 11) is 0. The number of aliphatic hydroxyl groups is 1. The van der Waals surface area contributed by atoms with E-state index in [1.54, 1.807) is 30.0 Å². The lowest BCUT2D eigenvalue weighted by Gasteiger charge is -2.31. The van der Waals surface area contributed by atoms with Crippen LogP contribution in [0.5, 0.6) is 0 Å². The molecule has 3 N–H and O–H groups in total. The number of urea groups is 1. The van der Waals surface area contributed by atoms with Crippen molar-refractivity contribution in [3.8, 4) is 0 Å². The van der Waals surface area contributed by atoms with Crippen LogP contribution in [0.2, 0.25) is 0 Å². The van der Waals surface area contributed by atoms with Crippen LogP contribution in [0.15, 0.2) is 17.5 Å². The van der Waals surface area contributed by atoms with Crippen molar-refractivity contribution in [2.24, 2.45) is 5.41 Å². The summed E-state index contributed by atoms with van der Waals surface area (Å²) in [6.45, 7) is 8.26. The van der Waals surface area contributed by atoms with Crippen molar-refractivity contribution in [1.29, 1.82) is 0 Å². The second-order valence-corrected chi connectivity index (χ2v) is 8.42. The lowest BCUT2D eigenvalue weighted by atomic mass is 9.86. The summed E-state index contributed by atoms with van der Waals surface area (Å²) in [4.78, 5) is 13.2. The minimum Gasteiger partial charge on any atom is -0.387 e. The molecule has 0 spiro atoms. The van der Waals surface area contributed by atoms with E-state index in [2.05, 4.69) is 31.4 Å². The number of thiophene rings is 1. The lowest BCUT2D eigenvalue weighted by molar-refractivity contribution is 0.0864. The first-order valence-electron chi connectivity index (χ1n) is 6.95. The number of carbonyl (C=O) groups is 1. The van der Waals surface area contributed by atoms with Crippen molar-refractivity contribution < 1.29 is 9.90 Å². The molecule has 1 aromatic rings. The Morgan fingerprint density at radius 1 is 1.43 bits per heavy atom. The summed E-state index contributed by atoms with van der Waals surface area (Å²) in [5.74, 6) is 0.584. The summed E-state index contributed by atoms with van der Waals surface area (Å²) in [5.41, 5.74) is -0.971. The number of thioether (sulfide) groups is 1. The van der Waals surface area contributed by atoms with Gasteiger partial charge in [-0.2, -0.15) is 11.8 Å². The summed E-state index contributed by atoms with van der Waals surface area (Å²) in [5, 5.41) is 17.9. The van der Waals surface area contributed by atoms with Gasteiger partial charge in [-0.05, 0) is 30.0 Å². The highest BCUT2D eigenvalue weighted by molar-refractivity contribution is 7.98. The monoisotopic (exact) mass is 330 g/mol. The first-order chi connectivity index (χ1) is 9.65. The van der Waals surface area contributed by atoms with E-state index < -0.39 is 5.60 Å². The van der Waals surface area contributed by atoms with Gasteiger partial charge in [-0.15, -0.1) is 11.3 Å². The van der Waals surface area contributed by atoms with Crippen LogP contribution in [-0.2, 0) is 0 Å². The topological polar surface area (TPSA) is 61.4 Å². The van der Waals surface area contributed by atoms with Crippen LogP contribution in [0.1, 0.15) is 38.6 Å². The smallest absolute Gasteiger partial charge is 0.315 e. The molecule has 21 heavy (non-hydrogen) atoms. The molecule has 120 valence electrons. The van der Waals surface area contributed by atoms with Crippen LogP contribution >= 0.6 is 23.1 Å². The van der Waals surface area contributed by atoms with Gasteiger partial charge < -0.3 is 15.7 Å². The molecule has 2 unspecified atom stereocenters. The minimum atomic E-state index is -0.892. The zero-order chi connectivity index (χ0) is 16.1. The molecule has 0 fully saturated rings. The van der Waals surface area contributed by atoms with Gasteiger partial charge in [0.25, 0.3) is 0 Å². The number of carbonyl (C=O) groups excluding carboxylic acids is 1. The Morgan fingerprint density at radius 3 is 2.57 bits per heavy atom. The van der Waals surface area contributed by atoms with Crippen molar-refractivity contribution in [2.75, 3.05) is 18.6 Å². The predicted molar refractivity (Wildman–Crippen MR) is 92.1 cm³/mol. The molecule has 0 saturated carbocycles. The Hall–Kier alpha value is -0.720. The summed E-state index contributed by atoms with van der Waals surface area (Å²) >= 11 is 3.19. The minimum absolute atomic E-state index is 0.0528. The maximum absolute atomic E-state index is 12.1. The number of amides is 2. The van der Waals surface area contributed by atoms with Crippen molar-refractivity contribution in [1.82, 2.24) is 10.6 Å². The molecule has 0 saturated heterocycles. The van der Waals surface area contributed by atoms with Crippen molar-refractivity contribution in [3.05, 3.63) is 22.4 Å². The Labute approximate surface area is 135 Å². The Bertz CT molecular complexity index is 439. The standard InChI is InChI=1S/C15H26N2O2S2/c1-14(2,3)12(11-7-6-8-21-11)17-13(18)16-9-15(4,19)10-20-5/h6-8,12,19H,9-10H2,1-5H3,(H2,16,17,18). The van der Waals surface area contributed by atoms with Crippen LogP contribution in [0.25, 0.3) is 0 Å². The molecule has 0 aromatic carbocycles. The second-order valence-electron chi connectivity index (χ2n) is 6.57. The van der Waals surface area contributed by atoms with Crippen LogP contribution < -0.4 is 10.6 Å². The highest BCUT2D eigenvalue weighted by Gasteiger charge is 2.29. The van der Waals surface area contributed by atoms with Crippen molar-refractivity contribution >= 4 is 29.1 Å². The van der Waals surface area contributed by atoms with Gasteiger partial charge in [-0.25, -0.2) is 4.79 Å². The predicted octanol–water partition coefficient (Wildman–Crippen LogP) is 3.25. The summed E-state index contributed by atoms with van der Waals surface area (Å²) in [6.07, 6.45) is 1.93. The molecule has 1 heterocycles. The third-order valence-corrected chi connectivity index (χ3v) is 4.90. The maximum atomic E-state index is 12.1. The molecule has 6 heteroatoms. The van der Waals surface area contributed by atoms with Crippen LogP contribution in [0, 0.1) is 5.41 Å². The average molecular weight is 331 g/mol. The van der Waals surface area contributed by atoms with Gasteiger partial charge in [0.1, 0.15) is 0 Å². The van der Waals surface area contributed by atoms with Gasteiger partial charge in [0.15, 0.2) is 0 Å². The molecule has 0 aliphatic rings. The van der Waals surface area contributed by atoms with E-state index in [1.807, 2.05) is 23.8 Å². The third kappa shape index (κ3) is 6.28. The SMILES string of the molecule is CSCC(C)(O)CNC(=O)NC(c1cccs1)C(C)(C)C. The maximum Gasteiger partial charge on any atom is 0.315 e. The quantitative estimate of drug-likeness (QED) is 0.750. The van der Waals surface area contributed by atoms with E-state index >= 15 is 0 Å². The highest BCUT2D eigenvalue weighted by atomic mass is 32.2. The first kappa shape index (κ1) is 18.3. The molecule has 1 rings (SSSR count). The molecule has 1 aromatic heterocycles. The first-order valence-corrected chi connectivity index (χ1v) is 9.22. The highest BCUT2D eigenvalue weighted by Crippen LogP contribution is 2.34. The fraction of sp³-hybridized carbons (Fsp3) is 0.667. The second kappa shape index (κ2) is 7.51. The normalized spacial score (nSPS) is 16.1. The van der Waals surface area contributed by atoms with Gasteiger partial charge in [-0.3, -0.25) is 0 Å². The van der Waals surface area contributed by atoms with E-state index in [4.69, 9.17) is 0 Å². The summed E-state index contributed by atoms with van der Waals surface area (Å²) < 4.78 is 0. The van der Waals surface area contributed by atoms with Gasteiger partial charge in [0, 0.05) is 17.2 Å². The molecular weight excluding hydrogens is 304 g/mol. The largest absolute Gasteiger partial charge is 0.387 e. The van der Waals surface area contributed by atoms with Gasteiger partial charge in [0.05, 0.1) is 11.6 Å². The van der Waals surface area contributed by atoms with E-state index in [9.17, 15) is 9.90 Å². The number of rotatable bonds is 6. The van der Waals surface area contributed by atoms with Gasteiger partial charge in [-0.1, -0.05) is 26.8 Å². The number of hydrogen-bond acceptors (Lipinski definition) is 4. The van der Waals surface area contributed by atoms with Crippen LogP contribution in [0.4, 0.5) is 4.79 Å². The zero-order valence-corrected chi connectivity index (χ0v) is 15.0. The van der Waals surface area contributed by atoms with E-state index in [1.165, 1.54) is 0 Å². The van der Waals surface area contributed by atoms with Crippen LogP contribution in [0.3, 0.4) is 0 Å². The van der Waals surface area contributed by atoms with Crippen molar-refractivity contribution in [3.63, 3.8) is 0 Å². The fourth-order valence-corrected chi connectivity index (χ4v) is 3.73. The molecule has 0 aliphatic carbocycles. The summed E-state index contributed by atoms with van der Waals surface area (Å²) in [6, 6.07) is 3.72. The van der Waals surface area contributed by atoms with E-state index in [0.29, 0.717) is 5.75 Å². The Balaban J connectivity index is 2.62. The molecule has 2 atom stereocenters. The number of nitrogens with one attached hydrogen (secondary N) is 2. The molecule has 2 amide bonds. The molecule has 0 aliphatic heterocycles. The third-order valence-electron chi connectivity index (χ3n) is 3.05. The Morgan fingerprint density at radius 2 is 2.10 bits per heavy atom. The number of hydrogen-bond donors (Lipinski definition) is 3. The Kier molecular flexibility index (Phi) is 6.56. The van der Waals surface area contributed by atoms with E-state index in [-0.39, 0.29) is 24.0 Å². The molecule has 4 nitrogen and oxygen atoms in total.